The molecule has 2 N–H and O–H groups in total. The number of likely N-dealkylation sites (N-methyl/N-ethyl adjacent to an activating group) is 1. The molecule has 1 atom stereocenters. The van der Waals surface area contributed by atoms with Crippen LogP contribution >= 0.6 is 0 Å². The highest BCUT2D eigenvalue weighted by Gasteiger charge is 2.15. The Labute approximate surface area is 111 Å². The summed E-state index contributed by atoms with van der Waals surface area (Å²) in [4.78, 5) is 17.7. The second kappa shape index (κ2) is 5.40. The Bertz CT molecular complexity index is 600. The summed E-state index contributed by atoms with van der Waals surface area (Å²) in [5.74, 6) is 1.20. The number of aromatic nitrogens is 4. The van der Waals surface area contributed by atoms with Gasteiger partial charge in [-0.15, -0.1) is 0 Å². The van der Waals surface area contributed by atoms with E-state index < -0.39 is 0 Å². The van der Waals surface area contributed by atoms with Gasteiger partial charge in [0.15, 0.2) is 5.65 Å². The maximum atomic E-state index is 11.3. The summed E-state index contributed by atoms with van der Waals surface area (Å²) in [6.45, 7) is 5.25. The first-order valence-corrected chi connectivity index (χ1v) is 6.31. The van der Waals surface area contributed by atoms with E-state index in [1.54, 1.807) is 6.07 Å². The summed E-state index contributed by atoms with van der Waals surface area (Å²) in [5.41, 5.74) is 0.289. The number of aromatic amines is 1. The van der Waals surface area contributed by atoms with E-state index >= 15 is 0 Å². The van der Waals surface area contributed by atoms with Crippen LogP contribution in [-0.4, -0.2) is 51.2 Å². The van der Waals surface area contributed by atoms with Gasteiger partial charge in [-0.05, 0) is 20.0 Å². The van der Waals surface area contributed by atoms with Crippen molar-refractivity contribution in [2.75, 3.05) is 26.0 Å². The molecule has 2 aromatic rings. The second-order valence-electron chi connectivity index (χ2n) is 5.29. The summed E-state index contributed by atoms with van der Waals surface area (Å²) >= 11 is 0. The molecule has 0 saturated carbocycles. The SMILES string of the molecule is CC(C)C(CN(C)C)Nc1cc2n[nH]c(=O)n2cn1. The van der Waals surface area contributed by atoms with Crippen LogP contribution in [-0.2, 0) is 0 Å². The number of nitrogens with one attached hydrogen (secondary N) is 2. The lowest BCUT2D eigenvalue weighted by atomic mass is 10.0. The van der Waals surface area contributed by atoms with E-state index in [1.807, 2.05) is 14.1 Å². The third-order valence-corrected chi connectivity index (χ3v) is 3.01. The maximum Gasteiger partial charge on any atom is 0.348 e. The minimum absolute atomic E-state index is 0.275. The van der Waals surface area contributed by atoms with Crippen LogP contribution in [0.2, 0.25) is 0 Å². The highest BCUT2D eigenvalue weighted by molar-refractivity contribution is 5.48. The quantitative estimate of drug-likeness (QED) is 0.818. The summed E-state index contributed by atoms with van der Waals surface area (Å²) in [6.07, 6.45) is 1.48. The van der Waals surface area contributed by atoms with Crippen LogP contribution in [0.1, 0.15) is 13.8 Å². The zero-order valence-electron chi connectivity index (χ0n) is 11.7. The standard InChI is InChI=1S/C12H20N6O/c1-8(2)9(6-17(3)4)14-10-5-11-15-16-12(19)18(11)7-13-10/h5,7-9,14H,6H2,1-4H3,(H,16,19). The summed E-state index contributed by atoms with van der Waals surface area (Å²) < 4.78 is 1.38. The molecule has 0 saturated heterocycles. The van der Waals surface area contributed by atoms with Gasteiger partial charge in [-0.3, -0.25) is 0 Å². The van der Waals surface area contributed by atoms with E-state index in [2.05, 4.69) is 39.2 Å². The number of rotatable bonds is 5. The molecule has 19 heavy (non-hydrogen) atoms. The number of hydrogen-bond donors (Lipinski definition) is 2. The van der Waals surface area contributed by atoms with Crippen molar-refractivity contribution >= 4 is 11.5 Å². The molecule has 7 nitrogen and oxygen atoms in total. The van der Waals surface area contributed by atoms with E-state index in [4.69, 9.17) is 0 Å². The molecule has 0 spiro atoms. The van der Waals surface area contributed by atoms with Crippen LogP contribution in [0.25, 0.3) is 5.65 Å². The predicted octanol–water partition coefficient (Wildman–Crippen LogP) is 0.416. The monoisotopic (exact) mass is 264 g/mol. The molecule has 2 rings (SSSR count). The van der Waals surface area contributed by atoms with Gasteiger partial charge >= 0.3 is 5.69 Å². The topological polar surface area (TPSA) is 78.3 Å². The fraction of sp³-hybridized carbons (Fsp3) is 0.583. The van der Waals surface area contributed by atoms with Crippen LogP contribution in [0.3, 0.4) is 0 Å². The Balaban J connectivity index is 2.21. The molecule has 0 aliphatic rings. The molecule has 2 aromatic heterocycles. The van der Waals surface area contributed by atoms with Crippen molar-refractivity contribution in [2.24, 2.45) is 5.92 Å². The van der Waals surface area contributed by atoms with E-state index in [9.17, 15) is 4.79 Å². The second-order valence-corrected chi connectivity index (χ2v) is 5.29. The summed E-state index contributed by atoms with van der Waals surface area (Å²) in [6, 6.07) is 2.05. The van der Waals surface area contributed by atoms with Crippen molar-refractivity contribution < 1.29 is 0 Å². The molecule has 0 amide bonds. The smallest absolute Gasteiger partial charge is 0.348 e. The lowest BCUT2D eigenvalue weighted by Gasteiger charge is -2.26. The van der Waals surface area contributed by atoms with Crippen LogP contribution in [0.4, 0.5) is 5.82 Å². The van der Waals surface area contributed by atoms with Gasteiger partial charge in [0.1, 0.15) is 12.1 Å². The first-order chi connectivity index (χ1) is 8.97. The highest BCUT2D eigenvalue weighted by Crippen LogP contribution is 2.11. The molecule has 0 aliphatic carbocycles. The van der Waals surface area contributed by atoms with Crippen molar-refractivity contribution in [1.82, 2.24) is 24.5 Å². The van der Waals surface area contributed by atoms with Crippen LogP contribution < -0.4 is 11.0 Å². The van der Waals surface area contributed by atoms with Crippen LogP contribution in [0.5, 0.6) is 0 Å². The fourth-order valence-corrected chi connectivity index (χ4v) is 1.90. The number of hydrogen-bond acceptors (Lipinski definition) is 5. The largest absolute Gasteiger partial charge is 0.366 e. The Kier molecular flexibility index (Phi) is 3.84. The lowest BCUT2D eigenvalue weighted by Crippen LogP contribution is -2.36. The Hall–Kier alpha value is -1.89. The molecule has 0 bridgehead atoms. The van der Waals surface area contributed by atoms with Crippen molar-refractivity contribution in [3.05, 3.63) is 22.9 Å². The van der Waals surface area contributed by atoms with Gasteiger partial charge in [-0.25, -0.2) is 19.3 Å². The van der Waals surface area contributed by atoms with Crippen molar-refractivity contribution in [2.45, 2.75) is 19.9 Å². The minimum atomic E-state index is -0.275. The first kappa shape index (κ1) is 13.5. The first-order valence-electron chi connectivity index (χ1n) is 6.31. The van der Waals surface area contributed by atoms with Crippen LogP contribution in [0.15, 0.2) is 17.2 Å². The number of nitrogens with zero attached hydrogens (tertiary/aromatic N) is 4. The molecule has 0 fully saturated rings. The summed E-state index contributed by atoms with van der Waals surface area (Å²) in [7, 11) is 4.09. The molecule has 7 heteroatoms. The Morgan fingerprint density at radius 1 is 1.47 bits per heavy atom. The molecule has 104 valence electrons. The summed E-state index contributed by atoms with van der Waals surface area (Å²) in [5, 5.41) is 9.71. The Morgan fingerprint density at radius 3 is 2.84 bits per heavy atom. The number of fused-ring (bicyclic) bond motifs is 1. The zero-order valence-corrected chi connectivity index (χ0v) is 11.7. The van der Waals surface area contributed by atoms with E-state index in [0.717, 1.165) is 12.4 Å². The van der Waals surface area contributed by atoms with Crippen molar-refractivity contribution in [3.8, 4) is 0 Å². The number of H-pyrrole nitrogens is 1. The van der Waals surface area contributed by atoms with Crippen LogP contribution in [0, 0.1) is 5.92 Å². The van der Waals surface area contributed by atoms with Gasteiger partial charge in [-0.1, -0.05) is 13.8 Å². The molecule has 0 aliphatic heterocycles. The molecule has 1 unspecified atom stereocenters. The minimum Gasteiger partial charge on any atom is -0.366 e. The van der Waals surface area contributed by atoms with Gasteiger partial charge in [0, 0.05) is 18.7 Å². The van der Waals surface area contributed by atoms with Gasteiger partial charge in [0.05, 0.1) is 0 Å². The normalized spacial score (nSPS) is 13.4. The van der Waals surface area contributed by atoms with Gasteiger partial charge in [-0.2, -0.15) is 5.10 Å². The molecule has 2 heterocycles. The lowest BCUT2D eigenvalue weighted by molar-refractivity contribution is 0.344. The van der Waals surface area contributed by atoms with Gasteiger partial charge in [0.2, 0.25) is 0 Å². The molecular weight excluding hydrogens is 244 g/mol. The average molecular weight is 264 g/mol. The van der Waals surface area contributed by atoms with E-state index in [1.165, 1.54) is 10.7 Å². The van der Waals surface area contributed by atoms with Gasteiger partial charge in [0.25, 0.3) is 0 Å². The predicted molar refractivity (Wildman–Crippen MR) is 74.4 cm³/mol. The third kappa shape index (κ3) is 3.11. The van der Waals surface area contributed by atoms with E-state index in [0.29, 0.717) is 11.6 Å². The number of anilines is 1. The molecular formula is C12H20N6O. The highest BCUT2D eigenvalue weighted by atomic mass is 16.1. The van der Waals surface area contributed by atoms with Crippen molar-refractivity contribution in [1.29, 1.82) is 0 Å². The van der Waals surface area contributed by atoms with Crippen molar-refractivity contribution in [3.63, 3.8) is 0 Å². The molecule has 0 aromatic carbocycles. The Morgan fingerprint density at radius 2 is 2.21 bits per heavy atom. The zero-order chi connectivity index (χ0) is 14.0. The van der Waals surface area contributed by atoms with Gasteiger partial charge < -0.3 is 10.2 Å². The molecule has 0 radical (unpaired) electrons. The third-order valence-electron chi connectivity index (χ3n) is 3.01. The average Bonchev–Trinajstić information content (AvgIpc) is 2.69. The van der Waals surface area contributed by atoms with E-state index in [-0.39, 0.29) is 11.7 Å². The maximum absolute atomic E-state index is 11.3. The fourth-order valence-electron chi connectivity index (χ4n) is 1.90.